The first-order valence-electron chi connectivity index (χ1n) is 7.34. The van der Waals surface area contributed by atoms with Crippen LogP contribution in [0.4, 0.5) is 0 Å². The summed E-state index contributed by atoms with van der Waals surface area (Å²) in [5.41, 5.74) is 0.884. The molecule has 0 N–H and O–H groups in total. The molecule has 6 nitrogen and oxygen atoms in total. The zero-order valence-electron chi connectivity index (χ0n) is 13.1. The normalized spacial score (nSPS) is 14.5. The number of morpholine rings is 1. The minimum absolute atomic E-state index is 0.0478. The lowest BCUT2D eigenvalue weighted by molar-refractivity contribution is -0.142. The summed E-state index contributed by atoms with van der Waals surface area (Å²) >= 11 is 0. The average molecular weight is 306 g/mol. The molecule has 0 radical (unpaired) electrons. The first kappa shape index (κ1) is 16.3. The van der Waals surface area contributed by atoms with E-state index in [0.717, 1.165) is 5.56 Å². The van der Waals surface area contributed by atoms with Gasteiger partial charge in [0.15, 0.2) is 0 Å². The number of para-hydroxylation sites is 1. The highest BCUT2D eigenvalue weighted by atomic mass is 16.5. The Balaban J connectivity index is 2.03. The fourth-order valence-corrected chi connectivity index (χ4v) is 2.39. The van der Waals surface area contributed by atoms with Crippen molar-refractivity contribution in [3.05, 3.63) is 29.8 Å². The maximum Gasteiger partial charge on any atom is 0.242 e. The summed E-state index contributed by atoms with van der Waals surface area (Å²) in [4.78, 5) is 27.4. The highest BCUT2D eigenvalue weighted by Crippen LogP contribution is 2.19. The maximum atomic E-state index is 12.3. The number of benzene rings is 1. The fourth-order valence-electron chi connectivity index (χ4n) is 2.39. The van der Waals surface area contributed by atoms with Crippen molar-refractivity contribution in [3.8, 4) is 5.75 Å². The predicted octanol–water partition coefficient (Wildman–Crippen LogP) is 0.902. The largest absolute Gasteiger partial charge is 0.496 e. The molecule has 1 saturated heterocycles. The maximum absolute atomic E-state index is 12.3. The quantitative estimate of drug-likeness (QED) is 0.811. The van der Waals surface area contributed by atoms with E-state index in [-0.39, 0.29) is 18.4 Å². The van der Waals surface area contributed by atoms with Gasteiger partial charge >= 0.3 is 0 Å². The Labute approximate surface area is 130 Å². The molecule has 1 aromatic rings. The molecule has 2 rings (SSSR count). The summed E-state index contributed by atoms with van der Waals surface area (Å²) < 4.78 is 10.5. The van der Waals surface area contributed by atoms with Gasteiger partial charge in [-0.15, -0.1) is 0 Å². The Kier molecular flexibility index (Phi) is 5.77. The second-order valence-electron chi connectivity index (χ2n) is 5.18. The molecule has 0 unspecified atom stereocenters. The highest BCUT2D eigenvalue weighted by molar-refractivity contribution is 5.84. The van der Waals surface area contributed by atoms with Crippen molar-refractivity contribution in [1.29, 1.82) is 0 Å². The monoisotopic (exact) mass is 306 g/mol. The van der Waals surface area contributed by atoms with Crippen molar-refractivity contribution in [3.63, 3.8) is 0 Å². The van der Waals surface area contributed by atoms with Crippen LogP contribution in [0.25, 0.3) is 0 Å². The molecule has 0 aromatic heterocycles. The van der Waals surface area contributed by atoms with Crippen LogP contribution in [0.3, 0.4) is 0 Å². The van der Waals surface area contributed by atoms with Crippen molar-refractivity contribution < 1.29 is 19.1 Å². The van der Waals surface area contributed by atoms with Crippen LogP contribution in [0.15, 0.2) is 24.3 Å². The smallest absolute Gasteiger partial charge is 0.242 e. The van der Waals surface area contributed by atoms with Gasteiger partial charge < -0.3 is 19.3 Å². The molecule has 2 amide bonds. The summed E-state index contributed by atoms with van der Waals surface area (Å²) in [5.74, 6) is 0.536. The predicted molar refractivity (Wildman–Crippen MR) is 81.5 cm³/mol. The Bertz CT molecular complexity index is 527. The van der Waals surface area contributed by atoms with E-state index < -0.39 is 0 Å². The fraction of sp³-hybridized carbons (Fsp3) is 0.500. The summed E-state index contributed by atoms with van der Waals surface area (Å²) in [6.45, 7) is 4.18. The third-order valence-corrected chi connectivity index (χ3v) is 3.69. The molecule has 1 aliphatic heterocycles. The van der Waals surface area contributed by atoms with E-state index in [2.05, 4.69) is 0 Å². The molecule has 0 spiro atoms. The summed E-state index contributed by atoms with van der Waals surface area (Å²) in [7, 11) is 1.59. The minimum atomic E-state index is -0.132. The van der Waals surface area contributed by atoms with Crippen LogP contribution >= 0.6 is 0 Å². The van der Waals surface area contributed by atoms with Gasteiger partial charge in [0.05, 0.1) is 20.3 Å². The second kappa shape index (κ2) is 7.79. The van der Waals surface area contributed by atoms with Crippen LogP contribution in [0.5, 0.6) is 5.75 Å². The van der Waals surface area contributed by atoms with Crippen LogP contribution in [-0.4, -0.2) is 61.6 Å². The molecular formula is C16H22N2O4. The van der Waals surface area contributed by atoms with Gasteiger partial charge in [0, 0.05) is 32.1 Å². The summed E-state index contributed by atoms with van der Waals surface area (Å²) in [6.07, 6.45) is 0. The number of rotatable bonds is 5. The van der Waals surface area contributed by atoms with Crippen LogP contribution in [0.2, 0.25) is 0 Å². The Morgan fingerprint density at radius 1 is 1.27 bits per heavy atom. The van der Waals surface area contributed by atoms with Crippen molar-refractivity contribution >= 4 is 11.8 Å². The molecule has 6 heteroatoms. The van der Waals surface area contributed by atoms with Gasteiger partial charge in [-0.25, -0.2) is 0 Å². The molecule has 0 saturated carbocycles. The van der Waals surface area contributed by atoms with Gasteiger partial charge in [0.25, 0.3) is 0 Å². The second-order valence-corrected chi connectivity index (χ2v) is 5.18. The molecule has 1 heterocycles. The molecule has 0 atom stereocenters. The molecule has 1 aliphatic rings. The molecule has 120 valence electrons. The first-order chi connectivity index (χ1) is 10.6. The summed E-state index contributed by atoms with van der Waals surface area (Å²) in [6, 6.07) is 7.50. The average Bonchev–Trinajstić information content (AvgIpc) is 2.55. The van der Waals surface area contributed by atoms with Gasteiger partial charge in [-0.3, -0.25) is 9.59 Å². The van der Waals surface area contributed by atoms with Crippen molar-refractivity contribution in [1.82, 2.24) is 9.80 Å². The van der Waals surface area contributed by atoms with Crippen LogP contribution in [0, 0.1) is 0 Å². The van der Waals surface area contributed by atoms with Gasteiger partial charge in [0.1, 0.15) is 12.3 Å². The van der Waals surface area contributed by atoms with Crippen LogP contribution in [0.1, 0.15) is 12.5 Å². The first-order valence-corrected chi connectivity index (χ1v) is 7.34. The molecule has 0 bridgehead atoms. The number of hydrogen-bond donors (Lipinski definition) is 0. The van der Waals surface area contributed by atoms with Crippen LogP contribution in [-0.2, 0) is 20.9 Å². The van der Waals surface area contributed by atoms with Gasteiger partial charge in [-0.1, -0.05) is 18.2 Å². The van der Waals surface area contributed by atoms with Gasteiger partial charge in [-0.2, -0.15) is 0 Å². The van der Waals surface area contributed by atoms with E-state index in [9.17, 15) is 9.59 Å². The third kappa shape index (κ3) is 4.21. The van der Waals surface area contributed by atoms with E-state index in [1.807, 2.05) is 24.3 Å². The van der Waals surface area contributed by atoms with Crippen LogP contribution < -0.4 is 4.74 Å². The molecule has 1 aromatic carbocycles. The number of amides is 2. The van der Waals surface area contributed by atoms with E-state index in [1.165, 1.54) is 11.8 Å². The number of nitrogens with zero attached hydrogens (tertiary/aromatic N) is 2. The number of hydrogen-bond acceptors (Lipinski definition) is 4. The Hall–Kier alpha value is -2.08. The minimum Gasteiger partial charge on any atom is -0.496 e. The van der Waals surface area contributed by atoms with Crippen molar-refractivity contribution in [2.24, 2.45) is 0 Å². The van der Waals surface area contributed by atoms with Crippen molar-refractivity contribution in [2.45, 2.75) is 13.5 Å². The van der Waals surface area contributed by atoms with Gasteiger partial charge in [-0.05, 0) is 6.07 Å². The number of ether oxygens (including phenoxy) is 2. The van der Waals surface area contributed by atoms with E-state index >= 15 is 0 Å². The topological polar surface area (TPSA) is 59.1 Å². The number of carbonyl (C=O) groups is 2. The third-order valence-electron chi connectivity index (χ3n) is 3.69. The number of carbonyl (C=O) groups excluding carboxylic acids is 2. The Morgan fingerprint density at radius 3 is 2.59 bits per heavy atom. The molecule has 1 fully saturated rings. The standard InChI is InChI=1S/C16H22N2O4/c1-13(19)18(11-14-5-3-4-6-15(14)21-2)12-16(20)17-7-9-22-10-8-17/h3-6H,7-12H2,1-2H3. The zero-order valence-corrected chi connectivity index (χ0v) is 13.1. The lowest BCUT2D eigenvalue weighted by Gasteiger charge is -2.30. The lowest BCUT2D eigenvalue weighted by atomic mass is 10.2. The van der Waals surface area contributed by atoms with E-state index in [4.69, 9.17) is 9.47 Å². The van der Waals surface area contributed by atoms with E-state index in [0.29, 0.717) is 38.6 Å². The molecular weight excluding hydrogens is 284 g/mol. The van der Waals surface area contributed by atoms with Crippen molar-refractivity contribution in [2.75, 3.05) is 40.0 Å². The SMILES string of the molecule is COc1ccccc1CN(CC(=O)N1CCOCC1)C(C)=O. The summed E-state index contributed by atoms with van der Waals surface area (Å²) in [5, 5.41) is 0. The zero-order chi connectivity index (χ0) is 15.9. The van der Waals surface area contributed by atoms with Gasteiger partial charge in [0.2, 0.25) is 11.8 Å². The molecule has 0 aliphatic carbocycles. The van der Waals surface area contributed by atoms with E-state index in [1.54, 1.807) is 12.0 Å². The lowest BCUT2D eigenvalue weighted by Crippen LogP contribution is -2.46. The molecule has 22 heavy (non-hydrogen) atoms. The number of methoxy groups -OCH3 is 1. The highest BCUT2D eigenvalue weighted by Gasteiger charge is 2.21. The Morgan fingerprint density at radius 2 is 1.95 bits per heavy atom.